The van der Waals surface area contributed by atoms with Crippen LogP contribution in [0.4, 0.5) is 4.79 Å². The fraction of sp³-hybridized carbons (Fsp3) is 0.365. The van der Waals surface area contributed by atoms with Gasteiger partial charge >= 0.3 is 24.0 Å². The minimum Gasteiger partial charge on any atom is -0.508 e. The molecule has 6 aromatic carbocycles. The fourth-order valence-corrected chi connectivity index (χ4v) is 7.74. The number of amides is 1. The Balaban J connectivity index is 0.000000270. The van der Waals surface area contributed by atoms with Crippen molar-refractivity contribution < 1.29 is 53.4 Å². The number of ether oxygens (including phenoxy) is 4. The number of alkyl carbamates (subject to hydrolysis) is 1. The van der Waals surface area contributed by atoms with Gasteiger partial charge < -0.3 is 45.3 Å². The lowest BCUT2D eigenvalue weighted by Crippen LogP contribution is -2.54. The molecule has 0 aliphatic carbocycles. The van der Waals surface area contributed by atoms with Crippen molar-refractivity contribution in [1.29, 1.82) is 0 Å². The van der Waals surface area contributed by atoms with Gasteiger partial charge in [0.15, 0.2) is 0 Å². The third kappa shape index (κ3) is 21.8. The Morgan fingerprint density at radius 2 is 0.688 bits per heavy atom. The molecule has 7 N–H and O–H groups in total. The molecule has 6 rings (SSSR count). The van der Waals surface area contributed by atoms with Gasteiger partial charge in [0.25, 0.3) is 0 Å². The van der Waals surface area contributed by atoms with Crippen LogP contribution in [0.3, 0.4) is 0 Å². The second-order valence-corrected chi connectivity index (χ2v) is 22.6. The molecule has 77 heavy (non-hydrogen) atoms. The number of benzene rings is 6. The molecule has 0 spiro atoms. The van der Waals surface area contributed by atoms with Crippen LogP contribution < -0.4 is 16.4 Å². The zero-order chi connectivity index (χ0) is 57.2. The molecule has 0 bridgehead atoms. The van der Waals surface area contributed by atoms with Gasteiger partial charge in [0.05, 0.1) is 5.54 Å². The van der Waals surface area contributed by atoms with E-state index in [9.17, 15) is 29.4 Å². The number of rotatable bonds is 15. The Bertz CT molecular complexity index is 2660. The molecule has 412 valence electrons. The second kappa shape index (κ2) is 27.4. The predicted molar refractivity (Wildman–Crippen MR) is 300 cm³/mol. The molecule has 0 fully saturated rings. The first-order chi connectivity index (χ1) is 35.9. The van der Waals surface area contributed by atoms with Crippen LogP contribution in [0.2, 0.25) is 0 Å². The maximum absolute atomic E-state index is 13.7. The molecule has 0 saturated carbocycles. The Labute approximate surface area is 455 Å². The van der Waals surface area contributed by atoms with Crippen molar-refractivity contribution in [1.82, 2.24) is 10.6 Å². The SMILES string of the molecule is CC(C)(C)OC(=O)N[C@H](Cc1ccc(O)cc1)C(=O)OC(C)(C)C.CC(C)(C)OC(=O)[C@@H](Cc1ccc(O)cc1)NC(c1ccccc1)(c1ccccc1)c1ccccc1.CC(C)(C)OC(=O)[C@H](N)Cc1ccc(O)cc1. The molecule has 0 heterocycles. The largest absolute Gasteiger partial charge is 0.508 e. The van der Waals surface area contributed by atoms with Gasteiger partial charge in [0, 0.05) is 6.42 Å². The third-order valence-electron chi connectivity index (χ3n) is 10.9. The number of carbonyl (C=O) groups excluding carboxylic acids is 4. The quantitative estimate of drug-likeness (QED) is 0.0321. The Hall–Kier alpha value is -7.68. The first-order valence-electron chi connectivity index (χ1n) is 25.6. The van der Waals surface area contributed by atoms with Crippen LogP contribution in [0.1, 0.15) is 116 Å². The number of phenols is 3. The fourth-order valence-electron chi connectivity index (χ4n) is 7.74. The van der Waals surface area contributed by atoms with E-state index < -0.39 is 64.1 Å². The van der Waals surface area contributed by atoms with Gasteiger partial charge in [-0.2, -0.15) is 0 Å². The molecular formula is C63H79N3O11. The van der Waals surface area contributed by atoms with Crippen molar-refractivity contribution in [3.05, 3.63) is 197 Å². The van der Waals surface area contributed by atoms with Crippen LogP contribution in [0, 0.1) is 0 Å². The summed E-state index contributed by atoms with van der Waals surface area (Å²) in [6.07, 6.45) is 0.338. The summed E-state index contributed by atoms with van der Waals surface area (Å²) in [7, 11) is 0. The lowest BCUT2D eigenvalue weighted by Gasteiger charge is -2.40. The minimum absolute atomic E-state index is 0.132. The molecule has 0 aliphatic heterocycles. The van der Waals surface area contributed by atoms with E-state index in [1.807, 2.05) is 87.5 Å². The molecule has 0 unspecified atom stereocenters. The summed E-state index contributed by atoms with van der Waals surface area (Å²) >= 11 is 0. The highest BCUT2D eigenvalue weighted by atomic mass is 16.6. The lowest BCUT2D eigenvalue weighted by molar-refractivity contribution is -0.158. The number of esters is 3. The molecule has 0 aliphatic rings. The predicted octanol–water partition coefficient (Wildman–Crippen LogP) is 11.0. The summed E-state index contributed by atoms with van der Waals surface area (Å²) < 4.78 is 21.7. The highest BCUT2D eigenvalue weighted by molar-refractivity contribution is 5.82. The summed E-state index contributed by atoms with van der Waals surface area (Å²) in [4.78, 5) is 49.7. The molecule has 0 aromatic heterocycles. The van der Waals surface area contributed by atoms with Crippen LogP contribution in [-0.4, -0.2) is 79.9 Å². The van der Waals surface area contributed by atoms with E-state index in [1.54, 1.807) is 111 Å². The molecule has 1 amide bonds. The van der Waals surface area contributed by atoms with Crippen molar-refractivity contribution in [3.63, 3.8) is 0 Å². The normalized spacial score (nSPS) is 12.9. The number of aromatic hydroxyl groups is 3. The van der Waals surface area contributed by atoms with Gasteiger partial charge in [-0.1, -0.05) is 127 Å². The van der Waals surface area contributed by atoms with Gasteiger partial charge in [-0.15, -0.1) is 0 Å². The summed E-state index contributed by atoms with van der Waals surface area (Å²) in [5.41, 5.74) is 8.08. The molecule has 14 heteroatoms. The zero-order valence-electron chi connectivity index (χ0n) is 46.6. The average Bonchev–Trinajstić information content (AvgIpc) is 3.35. The van der Waals surface area contributed by atoms with E-state index in [0.717, 1.165) is 33.4 Å². The molecule has 3 atom stereocenters. The van der Waals surface area contributed by atoms with E-state index in [4.69, 9.17) is 29.8 Å². The van der Waals surface area contributed by atoms with Crippen LogP contribution >= 0.6 is 0 Å². The van der Waals surface area contributed by atoms with Crippen molar-refractivity contribution in [2.45, 2.75) is 148 Å². The third-order valence-corrected chi connectivity index (χ3v) is 10.9. The number of nitrogens with two attached hydrogens (primary N) is 1. The Kier molecular flexibility index (Phi) is 22.0. The summed E-state index contributed by atoms with van der Waals surface area (Å²) in [6.45, 7) is 21.6. The van der Waals surface area contributed by atoms with Crippen molar-refractivity contribution >= 4 is 24.0 Å². The van der Waals surface area contributed by atoms with E-state index in [2.05, 4.69) is 47.0 Å². The van der Waals surface area contributed by atoms with Crippen molar-refractivity contribution in [3.8, 4) is 17.2 Å². The lowest BCUT2D eigenvalue weighted by atomic mass is 9.76. The van der Waals surface area contributed by atoms with Crippen LogP contribution in [-0.2, 0) is 58.1 Å². The van der Waals surface area contributed by atoms with Gasteiger partial charge in [-0.25, -0.2) is 9.59 Å². The highest BCUT2D eigenvalue weighted by Gasteiger charge is 2.41. The van der Waals surface area contributed by atoms with Gasteiger partial charge in [0.1, 0.15) is 57.8 Å². The number of hydrogen-bond donors (Lipinski definition) is 6. The van der Waals surface area contributed by atoms with E-state index >= 15 is 0 Å². The van der Waals surface area contributed by atoms with Gasteiger partial charge in [-0.05, 0) is 166 Å². The van der Waals surface area contributed by atoms with E-state index in [0.29, 0.717) is 12.8 Å². The number of nitrogens with one attached hydrogen (secondary N) is 2. The van der Waals surface area contributed by atoms with Crippen LogP contribution in [0.25, 0.3) is 0 Å². The van der Waals surface area contributed by atoms with E-state index in [-0.39, 0.29) is 29.6 Å². The zero-order valence-corrected chi connectivity index (χ0v) is 46.6. The number of hydrogen-bond acceptors (Lipinski definition) is 13. The maximum atomic E-state index is 13.7. The van der Waals surface area contributed by atoms with Crippen molar-refractivity contribution in [2.75, 3.05) is 0 Å². The average molecular weight is 1050 g/mol. The number of phenolic OH excluding ortho intramolecular Hbond substituents is 3. The molecular weight excluding hydrogens is 975 g/mol. The minimum atomic E-state index is -0.886. The first kappa shape index (κ1) is 61.9. The Morgan fingerprint density at radius 1 is 0.403 bits per heavy atom. The molecule has 6 aromatic rings. The first-order valence-corrected chi connectivity index (χ1v) is 25.6. The number of carbonyl (C=O) groups is 4. The van der Waals surface area contributed by atoms with E-state index in [1.165, 1.54) is 12.1 Å². The second-order valence-electron chi connectivity index (χ2n) is 22.6. The standard InChI is InChI=1S/C32H33NO3.C18H27NO5.C13H19NO3/c1-31(2,3)36-30(35)29(23-24-19-21-28(34)22-20-24)33-32(25-13-7-4-8-14-25,26-15-9-5-10-16-26)27-17-11-6-12-18-27;1-17(2,3)23-15(21)14(19-16(22)24-18(4,5)6)11-12-7-9-13(20)10-8-12;1-13(2,3)17-12(16)11(14)8-9-4-6-10(15)7-5-9/h4-22,29,33-34H,23H2,1-3H3;7-10,14,20H,11H2,1-6H3,(H,19,22);4-7,11,15H,8,14H2,1-3H3/t29-;14-;11-/m111/s1. The highest BCUT2D eigenvalue weighted by Crippen LogP contribution is 2.38. The van der Waals surface area contributed by atoms with Gasteiger partial charge in [0.2, 0.25) is 0 Å². The Morgan fingerprint density at radius 3 is 1.01 bits per heavy atom. The maximum Gasteiger partial charge on any atom is 0.408 e. The van der Waals surface area contributed by atoms with Gasteiger partial charge in [-0.3, -0.25) is 14.9 Å². The van der Waals surface area contributed by atoms with Crippen LogP contribution in [0.15, 0.2) is 164 Å². The molecule has 0 saturated heterocycles. The topological polar surface area (TPSA) is 216 Å². The monoisotopic (exact) mass is 1050 g/mol. The summed E-state index contributed by atoms with van der Waals surface area (Å²) in [5, 5.41) is 34.6. The smallest absolute Gasteiger partial charge is 0.408 e. The van der Waals surface area contributed by atoms with Crippen molar-refractivity contribution in [2.24, 2.45) is 5.73 Å². The molecule has 0 radical (unpaired) electrons. The summed E-state index contributed by atoms with van der Waals surface area (Å²) in [5.74, 6) is -0.769. The molecule has 14 nitrogen and oxygen atoms in total. The summed E-state index contributed by atoms with van der Waals surface area (Å²) in [6, 6.07) is 48.3. The van der Waals surface area contributed by atoms with Crippen LogP contribution in [0.5, 0.6) is 17.2 Å².